The fourth-order valence-corrected chi connectivity index (χ4v) is 2.11. The van der Waals surface area contributed by atoms with Crippen LogP contribution in [0.1, 0.15) is 38.1 Å². The molecule has 0 fully saturated rings. The molecule has 4 nitrogen and oxygen atoms in total. The van der Waals surface area contributed by atoms with E-state index in [4.69, 9.17) is 0 Å². The third kappa shape index (κ3) is 4.39. The zero-order valence-electron chi connectivity index (χ0n) is 12.0. The summed E-state index contributed by atoms with van der Waals surface area (Å²) >= 11 is 0. The van der Waals surface area contributed by atoms with Gasteiger partial charge in [-0.3, -0.25) is 9.59 Å². The van der Waals surface area contributed by atoms with Crippen molar-refractivity contribution in [2.75, 3.05) is 6.54 Å². The first-order valence-corrected chi connectivity index (χ1v) is 6.58. The Balaban J connectivity index is 2.57. The van der Waals surface area contributed by atoms with Crippen LogP contribution in [0.3, 0.4) is 0 Å². The lowest BCUT2D eigenvalue weighted by molar-refractivity contribution is -0.133. The third-order valence-corrected chi connectivity index (χ3v) is 2.84. The number of carbonyl (C=O) groups is 2. The van der Waals surface area contributed by atoms with Crippen LogP contribution in [0.5, 0.6) is 0 Å². The SMILES string of the molecule is CC(C)N(C(=O)CNC(=O)c1ccccc1)C(C)C. The van der Waals surface area contributed by atoms with E-state index in [0.29, 0.717) is 5.56 Å². The van der Waals surface area contributed by atoms with E-state index in [1.54, 1.807) is 29.2 Å². The number of carbonyl (C=O) groups excluding carboxylic acids is 2. The van der Waals surface area contributed by atoms with Crippen LogP contribution in [0, 0.1) is 0 Å². The molecule has 0 saturated heterocycles. The van der Waals surface area contributed by atoms with Crippen molar-refractivity contribution in [3.05, 3.63) is 35.9 Å². The molecule has 0 aliphatic rings. The van der Waals surface area contributed by atoms with E-state index in [2.05, 4.69) is 5.32 Å². The van der Waals surface area contributed by atoms with Crippen LogP contribution >= 0.6 is 0 Å². The van der Waals surface area contributed by atoms with E-state index in [1.165, 1.54) is 0 Å². The van der Waals surface area contributed by atoms with Crippen molar-refractivity contribution < 1.29 is 9.59 Å². The average molecular weight is 262 g/mol. The molecular weight excluding hydrogens is 240 g/mol. The highest BCUT2D eigenvalue weighted by Gasteiger charge is 2.20. The minimum Gasteiger partial charge on any atom is -0.343 e. The van der Waals surface area contributed by atoms with E-state index in [0.717, 1.165) is 0 Å². The van der Waals surface area contributed by atoms with Gasteiger partial charge in [-0.2, -0.15) is 0 Å². The van der Waals surface area contributed by atoms with Gasteiger partial charge in [0, 0.05) is 17.6 Å². The number of hydrogen-bond donors (Lipinski definition) is 1. The molecule has 0 radical (unpaired) electrons. The van der Waals surface area contributed by atoms with Crippen molar-refractivity contribution in [1.29, 1.82) is 0 Å². The molecule has 1 aromatic rings. The summed E-state index contributed by atoms with van der Waals surface area (Å²) in [5.41, 5.74) is 0.566. The van der Waals surface area contributed by atoms with Crippen LogP contribution in [-0.2, 0) is 4.79 Å². The quantitative estimate of drug-likeness (QED) is 0.883. The molecule has 0 heterocycles. The fraction of sp³-hybridized carbons (Fsp3) is 0.467. The molecule has 0 bridgehead atoms. The van der Waals surface area contributed by atoms with Gasteiger partial charge in [-0.05, 0) is 39.8 Å². The van der Waals surface area contributed by atoms with Gasteiger partial charge in [0.1, 0.15) is 0 Å². The number of amides is 2. The normalized spacial score (nSPS) is 10.6. The predicted octanol–water partition coefficient (Wildman–Crippen LogP) is 2.06. The number of rotatable bonds is 5. The van der Waals surface area contributed by atoms with E-state index >= 15 is 0 Å². The molecule has 1 rings (SSSR count). The third-order valence-electron chi connectivity index (χ3n) is 2.84. The number of nitrogens with zero attached hydrogens (tertiary/aromatic N) is 1. The number of benzene rings is 1. The Bertz CT molecular complexity index is 419. The lowest BCUT2D eigenvalue weighted by Gasteiger charge is -2.30. The van der Waals surface area contributed by atoms with Crippen molar-refractivity contribution in [2.24, 2.45) is 0 Å². The molecule has 0 atom stereocenters. The maximum Gasteiger partial charge on any atom is 0.251 e. The lowest BCUT2D eigenvalue weighted by atomic mass is 10.2. The zero-order valence-corrected chi connectivity index (χ0v) is 12.0. The minimum atomic E-state index is -0.221. The molecule has 0 saturated carbocycles. The molecule has 104 valence electrons. The van der Waals surface area contributed by atoms with Crippen LogP contribution in [-0.4, -0.2) is 35.3 Å². The van der Waals surface area contributed by atoms with Gasteiger partial charge in [0.05, 0.1) is 6.54 Å². The van der Waals surface area contributed by atoms with Crippen molar-refractivity contribution in [1.82, 2.24) is 10.2 Å². The molecule has 1 N–H and O–H groups in total. The van der Waals surface area contributed by atoms with Crippen LogP contribution < -0.4 is 5.32 Å². The summed E-state index contributed by atoms with van der Waals surface area (Å²) in [5.74, 6) is -0.282. The van der Waals surface area contributed by atoms with Crippen LogP contribution in [0.25, 0.3) is 0 Å². The molecule has 0 aliphatic heterocycles. The Morgan fingerprint density at radius 2 is 1.58 bits per heavy atom. The zero-order chi connectivity index (χ0) is 14.4. The summed E-state index contributed by atoms with van der Waals surface area (Å²) < 4.78 is 0. The lowest BCUT2D eigenvalue weighted by Crippen LogP contribution is -2.47. The summed E-state index contributed by atoms with van der Waals surface area (Å²) in [6, 6.07) is 9.14. The molecule has 0 aromatic heterocycles. The largest absolute Gasteiger partial charge is 0.343 e. The molecule has 1 aromatic carbocycles. The van der Waals surface area contributed by atoms with Crippen molar-refractivity contribution in [3.8, 4) is 0 Å². The molecule has 0 unspecified atom stereocenters. The first kappa shape index (κ1) is 15.2. The summed E-state index contributed by atoms with van der Waals surface area (Å²) in [7, 11) is 0. The maximum absolute atomic E-state index is 12.1. The minimum absolute atomic E-state index is 0.0318. The molecule has 19 heavy (non-hydrogen) atoms. The second-order valence-electron chi connectivity index (χ2n) is 5.04. The van der Waals surface area contributed by atoms with Crippen molar-refractivity contribution >= 4 is 11.8 Å². The Morgan fingerprint density at radius 3 is 2.05 bits per heavy atom. The number of hydrogen-bond acceptors (Lipinski definition) is 2. The maximum atomic E-state index is 12.1. The van der Waals surface area contributed by atoms with Gasteiger partial charge in [-0.1, -0.05) is 18.2 Å². The highest BCUT2D eigenvalue weighted by molar-refractivity contribution is 5.96. The van der Waals surface area contributed by atoms with Gasteiger partial charge in [-0.25, -0.2) is 0 Å². The van der Waals surface area contributed by atoms with Gasteiger partial charge in [-0.15, -0.1) is 0 Å². The second-order valence-corrected chi connectivity index (χ2v) is 5.04. The molecular formula is C15H22N2O2. The Labute approximate surface area is 114 Å². The molecule has 0 spiro atoms. The van der Waals surface area contributed by atoms with E-state index in [-0.39, 0.29) is 30.4 Å². The van der Waals surface area contributed by atoms with Gasteiger partial charge in [0.25, 0.3) is 5.91 Å². The van der Waals surface area contributed by atoms with Crippen LogP contribution in [0.4, 0.5) is 0 Å². The molecule has 0 aliphatic carbocycles. The first-order valence-electron chi connectivity index (χ1n) is 6.58. The van der Waals surface area contributed by atoms with E-state index < -0.39 is 0 Å². The highest BCUT2D eigenvalue weighted by atomic mass is 16.2. The standard InChI is InChI=1S/C15H22N2O2/c1-11(2)17(12(3)4)14(18)10-16-15(19)13-8-6-5-7-9-13/h5-9,11-12H,10H2,1-4H3,(H,16,19). The monoisotopic (exact) mass is 262 g/mol. The fourth-order valence-electron chi connectivity index (χ4n) is 2.11. The highest BCUT2D eigenvalue weighted by Crippen LogP contribution is 2.05. The van der Waals surface area contributed by atoms with Gasteiger partial charge in [0.15, 0.2) is 0 Å². The van der Waals surface area contributed by atoms with Gasteiger partial charge in [0.2, 0.25) is 5.91 Å². The van der Waals surface area contributed by atoms with Crippen molar-refractivity contribution in [3.63, 3.8) is 0 Å². The summed E-state index contributed by atoms with van der Waals surface area (Å²) in [5, 5.41) is 2.66. The van der Waals surface area contributed by atoms with Gasteiger partial charge < -0.3 is 10.2 Å². The first-order chi connectivity index (χ1) is 8.93. The smallest absolute Gasteiger partial charge is 0.251 e. The summed E-state index contributed by atoms with van der Waals surface area (Å²) in [6.45, 7) is 7.91. The van der Waals surface area contributed by atoms with Gasteiger partial charge >= 0.3 is 0 Å². The Morgan fingerprint density at radius 1 is 1.05 bits per heavy atom. The molecule has 2 amide bonds. The molecule has 4 heteroatoms. The number of nitrogens with one attached hydrogen (secondary N) is 1. The topological polar surface area (TPSA) is 49.4 Å². The van der Waals surface area contributed by atoms with Crippen LogP contribution in [0.2, 0.25) is 0 Å². The Hall–Kier alpha value is -1.84. The van der Waals surface area contributed by atoms with E-state index in [9.17, 15) is 9.59 Å². The van der Waals surface area contributed by atoms with E-state index in [1.807, 2.05) is 33.8 Å². The average Bonchev–Trinajstić information content (AvgIpc) is 2.36. The van der Waals surface area contributed by atoms with Crippen molar-refractivity contribution in [2.45, 2.75) is 39.8 Å². The summed E-state index contributed by atoms with van der Waals surface area (Å²) in [6.07, 6.45) is 0. The Kier molecular flexibility index (Phi) is 5.55. The predicted molar refractivity (Wildman–Crippen MR) is 75.9 cm³/mol. The summed E-state index contributed by atoms with van der Waals surface area (Å²) in [4.78, 5) is 25.7. The second kappa shape index (κ2) is 6.92. The van der Waals surface area contributed by atoms with Crippen LogP contribution in [0.15, 0.2) is 30.3 Å².